The fourth-order valence-corrected chi connectivity index (χ4v) is 8.61. The van der Waals surface area contributed by atoms with Crippen LogP contribution >= 0.6 is 11.6 Å². The maximum absolute atomic E-state index is 14.0. The third-order valence-corrected chi connectivity index (χ3v) is 12.0. The number of halogens is 1. The van der Waals surface area contributed by atoms with Crippen LogP contribution in [0, 0.1) is 18.8 Å². The van der Waals surface area contributed by atoms with E-state index in [1.54, 1.807) is 25.3 Å². The number of aryl methyl sites for hydroxylation is 1. The molecular formula is C50H59ClN4O7. The van der Waals surface area contributed by atoms with E-state index >= 15 is 0 Å². The Hall–Kier alpha value is -5.52. The third-order valence-electron chi connectivity index (χ3n) is 11.7. The SMILES string of the molecule is CCC(=O)N1CCC[C@H]1[C@H](OC)[C@@H](C)C(=O)C[C@@H](Cc1ccccc1)C(=O)OCC[C@H](Cc1ccc(-c2cn3cccc(C)c3n2)cc1)NC(=O)c1ccc(OC(C)C)c(Cl)c1. The van der Waals surface area contributed by atoms with Gasteiger partial charge in [-0.05, 0) is 87.4 Å². The second-order valence-electron chi connectivity index (χ2n) is 16.6. The molecule has 0 spiro atoms. The molecule has 1 N–H and O–H groups in total. The Morgan fingerprint density at radius 3 is 2.35 bits per heavy atom. The summed E-state index contributed by atoms with van der Waals surface area (Å²) in [6.45, 7) is 10.2. The van der Waals surface area contributed by atoms with E-state index in [0.717, 1.165) is 46.4 Å². The summed E-state index contributed by atoms with van der Waals surface area (Å²) in [7, 11) is 1.58. The highest BCUT2D eigenvalue weighted by Crippen LogP contribution is 2.30. The molecule has 11 nitrogen and oxygen atoms in total. The molecule has 3 aromatic carbocycles. The largest absolute Gasteiger partial charge is 0.489 e. The molecule has 1 fully saturated rings. The summed E-state index contributed by atoms with van der Waals surface area (Å²) in [6.07, 6.45) is 6.43. The number of aromatic nitrogens is 2. The molecule has 12 heteroatoms. The second kappa shape index (κ2) is 21.5. The van der Waals surface area contributed by atoms with E-state index in [-0.39, 0.29) is 42.8 Å². The first kappa shape index (κ1) is 46.0. The first-order chi connectivity index (χ1) is 29.8. The van der Waals surface area contributed by atoms with Gasteiger partial charge in [0.25, 0.3) is 5.91 Å². The van der Waals surface area contributed by atoms with Crippen LogP contribution in [0.3, 0.4) is 0 Å². The summed E-state index contributed by atoms with van der Waals surface area (Å²) in [5.74, 6) is -1.71. The highest BCUT2D eigenvalue weighted by atomic mass is 35.5. The van der Waals surface area contributed by atoms with Gasteiger partial charge in [-0.2, -0.15) is 0 Å². The number of rotatable bonds is 20. The van der Waals surface area contributed by atoms with Gasteiger partial charge in [-0.3, -0.25) is 19.2 Å². The van der Waals surface area contributed by atoms with Crippen molar-refractivity contribution >= 4 is 40.8 Å². The number of esters is 1. The van der Waals surface area contributed by atoms with E-state index in [9.17, 15) is 19.2 Å². The lowest BCUT2D eigenvalue weighted by Crippen LogP contribution is -2.48. The zero-order chi connectivity index (χ0) is 44.3. The summed E-state index contributed by atoms with van der Waals surface area (Å²) in [5, 5.41) is 3.48. The second-order valence-corrected chi connectivity index (χ2v) is 17.0. The zero-order valence-corrected chi connectivity index (χ0v) is 37.4. The smallest absolute Gasteiger partial charge is 0.309 e. The van der Waals surface area contributed by atoms with Crippen molar-refractivity contribution in [1.29, 1.82) is 0 Å². The van der Waals surface area contributed by atoms with Crippen LogP contribution in [0.5, 0.6) is 5.75 Å². The van der Waals surface area contributed by atoms with Crippen molar-refractivity contribution in [2.24, 2.45) is 11.8 Å². The predicted octanol–water partition coefficient (Wildman–Crippen LogP) is 8.89. The lowest BCUT2D eigenvalue weighted by Gasteiger charge is -2.34. The number of ketones is 1. The zero-order valence-electron chi connectivity index (χ0n) is 36.6. The molecule has 0 bridgehead atoms. The van der Waals surface area contributed by atoms with Crippen molar-refractivity contribution in [1.82, 2.24) is 19.6 Å². The van der Waals surface area contributed by atoms with Gasteiger partial charge in [-0.25, -0.2) is 4.98 Å². The van der Waals surface area contributed by atoms with Crippen LogP contribution in [-0.2, 0) is 36.7 Å². The van der Waals surface area contributed by atoms with E-state index < -0.39 is 30.0 Å². The average Bonchev–Trinajstić information content (AvgIpc) is 3.93. The summed E-state index contributed by atoms with van der Waals surface area (Å²) in [6, 6.07) is 26.0. The number of fused-ring (bicyclic) bond motifs is 1. The number of pyridine rings is 1. The van der Waals surface area contributed by atoms with E-state index in [4.69, 9.17) is 30.8 Å². The molecule has 3 heterocycles. The highest BCUT2D eigenvalue weighted by Gasteiger charge is 2.40. The third kappa shape index (κ3) is 11.7. The Morgan fingerprint density at radius 2 is 1.68 bits per heavy atom. The molecular weight excluding hydrogens is 804 g/mol. The van der Waals surface area contributed by atoms with Crippen molar-refractivity contribution in [3.63, 3.8) is 0 Å². The van der Waals surface area contributed by atoms with Crippen molar-refractivity contribution in [2.45, 2.75) is 104 Å². The molecule has 6 rings (SSSR count). The maximum Gasteiger partial charge on any atom is 0.309 e. The number of benzene rings is 3. The van der Waals surface area contributed by atoms with Crippen LogP contribution in [0.25, 0.3) is 16.9 Å². The number of hydrogen-bond acceptors (Lipinski definition) is 8. The van der Waals surface area contributed by atoms with Gasteiger partial charge in [0.2, 0.25) is 5.91 Å². The Labute approximate surface area is 370 Å². The number of amides is 2. The van der Waals surface area contributed by atoms with Crippen molar-refractivity contribution in [3.8, 4) is 17.0 Å². The minimum absolute atomic E-state index is 0.0102. The minimum atomic E-state index is -0.750. The summed E-state index contributed by atoms with van der Waals surface area (Å²) in [5.41, 5.74) is 6.05. The quantitative estimate of drug-likeness (QED) is 0.0769. The summed E-state index contributed by atoms with van der Waals surface area (Å²) < 4.78 is 19.7. The van der Waals surface area contributed by atoms with Gasteiger partial charge in [0.05, 0.1) is 41.5 Å². The van der Waals surface area contributed by atoms with Crippen LogP contribution in [0.1, 0.15) is 86.8 Å². The molecule has 1 aliphatic heterocycles. The molecule has 5 aromatic rings. The number of hydrogen-bond donors (Lipinski definition) is 1. The number of Topliss-reactive ketones (excluding diaryl/α,β-unsaturated/α-hetero) is 1. The Morgan fingerprint density at radius 1 is 0.935 bits per heavy atom. The Kier molecular flexibility index (Phi) is 16.0. The lowest BCUT2D eigenvalue weighted by atomic mass is 9.85. The number of nitrogens with zero attached hydrogens (tertiary/aromatic N) is 3. The number of carbonyl (C=O) groups excluding carboxylic acids is 4. The Bertz CT molecular complexity index is 2310. The average molecular weight is 863 g/mol. The topological polar surface area (TPSA) is 129 Å². The van der Waals surface area contributed by atoms with Gasteiger partial charge >= 0.3 is 5.97 Å². The molecule has 0 unspecified atom stereocenters. The van der Waals surface area contributed by atoms with Crippen LogP contribution in [-0.4, -0.2) is 82.4 Å². The predicted molar refractivity (Wildman–Crippen MR) is 241 cm³/mol. The van der Waals surface area contributed by atoms with Crippen LogP contribution in [0.15, 0.2) is 97.3 Å². The van der Waals surface area contributed by atoms with Gasteiger partial charge < -0.3 is 28.8 Å². The standard InChI is InChI=1S/C50H59ClN4O7/c1-7-46(57)55-25-12-16-43(55)47(60-6)34(5)44(56)30-39(27-35-14-9-8-10-15-35)50(59)61-26-23-40(52-49(58)38-21-22-45(41(51)29-38)62-32(2)3)28-36-17-19-37(20-18-36)42-31-54-24-11-13-33(4)48(54)53-42/h8-11,13-15,17-22,24,29,31-32,34,39-40,43,47H,7,12,16,23,25-28,30H2,1-6H3,(H,52,58)/t34-,39+,40+,43-,47+/m0/s1. The number of methoxy groups -OCH3 is 1. The maximum atomic E-state index is 14.0. The van der Waals surface area contributed by atoms with Gasteiger partial charge in [0, 0.05) is 68.4 Å². The molecule has 0 aliphatic carbocycles. The number of nitrogens with one attached hydrogen (secondary N) is 1. The monoisotopic (exact) mass is 862 g/mol. The molecule has 2 amide bonds. The normalized spacial score (nSPS) is 15.9. The van der Waals surface area contributed by atoms with Gasteiger partial charge in [-0.1, -0.05) is 86.1 Å². The van der Waals surface area contributed by atoms with Crippen molar-refractivity contribution in [2.75, 3.05) is 20.3 Å². The minimum Gasteiger partial charge on any atom is -0.489 e. The molecule has 5 atom stereocenters. The first-order valence-corrected chi connectivity index (χ1v) is 22.1. The fraction of sp³-hybridized carbons (Fsp3) is 0.420. The summed E-state index contributed by atoms with van der Waals surface area (Å²) in [4.78, 5) is 61.1. The van der Waals surface area contributed by atoms with Gasteiger partial charge in [0.15, 0.2) is 0 Å². The molecule has 0 radical (unpaired) electrons. The number of ether oxygens (including phenoxy) is 3. The molecule has 0 saturated carbocycles. The summed E-state index contributed by atoms with van der Waals surface area (Å²) >= 11 is 6.51. The van der Waals surface area contributed by atoms with E-state index in [1.165, 1.54) is 0 Å². The van der Waals surface area contributed by atoms with Gasteiger partial charge in [-0.15, -0.1) is 0 Å². The molecule has 1 aliphatic rings. The molecule has 328 valence electrons. The van der Waals surface area contributed by atoms with E-state index in [2.05, 4.69) is 5.32 Å². The highest BCUT2D eigenvalue weighted by molar-refractivity contribution is 6.32. The van der Waals surface area contributed by atoms with E-state index in [1.807, 2.05) is 123 Å². The van der Waals surface area contributed by atoms with Gasteiger partial charge in [0.1, 0.15) is 17.2 Å². The Balaban J connectivity index is 1.17. The van der Waals surface area contributed by atoms with Crippen LogP contribution < -0.4 is 10.1 Å². The number of likely N-dealkylation sites (tertiary alicyclic amines) is 1. The number of carbonyl (C=O) groups is 4. The van der Waals surface area contributed by atoms with Crippen LogP contribution in [0.4, 0.5) is 0 Å². The molecule has 2 aromatic heterocycles. The van der Waals surface area contributed by atoms with Crippen molar-refractivity contribution in [3.05, 3.63) is 125 Å². The lowest BCUT2D eigenvalue weighted by molar-refractivity contribution is -0.151. The van der Waals surface area contributed by atoms with E-state index in [0.29, 0.717) is 48.6 Å². The molecule has 1 saturated heterocycles. The van der Waals surface area contributed by atoms with Crippen LogP contribution in [0.2, 0.25) is 5.02 Å². The number of imidazole rings is 1. The fourth-order valence-electron chi connectivity index (χ4n) is 8.38. The van der Waals surface area contributed by atoms with Crippen molar-refractivity contribution < 1.29 is 33.4 Å². The molecule has 62 heavy (non-hydrogen) atoms. The first-order valence-electron chi connectivity index (χ1n) is 21.7.